The van der Waals surface area contributed by atoms with E-state index in [-0.39, 0.29) is 17.4 Å². The number of carbonyl (C=O) groups is 2. The third-order valence-electron chi connectivity index (χ3n) is 2.62. The highest BCUT2D eigenvalue weighted by Crippen LogP contribution is 2.13. The molecule has 2 aromatic rings. The van der Waals surface area contributed by atoms with Crippen LogP contribution >= 0.6 is 0 Å². The topological polar surface area (TPSA) is 92.4 Å². The minimum absolute atomic E-state index is 0.0293. The fourth-order valence-electron chi connectivity index (χ4n) is 1.57. The zero-order valence-corrected chi connectivity index (χ0v) is 10.2. The van der Waals surface area contributed by atoms with Crippen molar-refractivity contribution in [1.29, 1.82) is 0 Å². The Hall–Kier alpha value is -2.63. The highest BCUT2D eigenvalue weighted by atomic mass is 16.4. The van der Waals surface area contributed by atoms with Crippen LogP contribution in [0.15, 0.2) is 41.3 Å². The van der Waals surface area contributed by atoms with Gasteiger partial charge < -0.3 is 14.8 Å². The average molecular weight is 260 g/mol. The summed E-state index contributed by atoms with van der Waals surface area (Å²) >= 11 is 0. The second-order valence-electron chi connectivity index (χ2n) is 3.98. The fraction of sp³-hybridized carbons (Fsp3) is 0.154. The number of rotatable bonds is 4. The van der Waals surface area contributed by atoms with Crippen molar-refractivity contribution in [3.63, 3.8) is 0 Å². The molecule has 6 nitrogen and oxygen atoms in total. The van der Waals surface area contributed by atoms with Crippen LogP contribution in [0.4, 0.5) is 0 Å². The summed E-state index contributed by atoms with van der Waals surface area (Å²) in [4.78, 5) is 26.4. The number of hydrogen-bond donors (Lipinski definition) is 2. The number of amides is 1. The molecule has 0 spiro atoms. The minimum atomic E-state index is -1.13. The number of carboxylic acid groups (broad SMARTS) is 1. The van der Waals surface area contributed by atoms with Crippen molar-refractivity contribution in [2.24, 2.45) is 0 Å². The molecule has 2 heterocycles. The number of pyridine rings is 1. The Balaban J connectivity index is 2.06. The van der Waals surface area contributed by atoms with Gasteiger partial charge in [-0.2, -0.15) is 0 Å². The summed E-state index contributed by atoms with van der Waals surface area (Å²) in [6.07, 6.45) is 4.30. The van der Waals surface area contributed by atoms with E-state index in [9.17, 15) is 9.59 Å². The first-order valence-electron chi connectivity index (χ1n) is 5.60. The molecule has 1 atom stereocenters. The lowest BCUT2D eigenvalue weighted by Crippen LogP contribution is -2.26. The van der Waals surface area contributed by atoms with E-state index in [1.807, 2.05) is 6.92 Å². The number of aromatic nitrogens is 1. The third-order valence-corrected chi connectivity index (χ3v) is 2.62. The van der Waals surface area contributed by atoms with Crippen molar-refractivity contribution in [2.75, 3.05) is 0 Å². The molecule has 0 fully saturated rings. The standard InChI is InChI=1S/C13H12N2O4/c1-8(9-2-4-14-5-3-9)15-12(16)11-6-10(7-19-11)13(17)18/h2-8H,1H3,(H,15,16)(H,17,18). The van der Waals surface area contributed by atoms with Gasteiger partial charge in [0.25, 0.3) is 5.91 Å². The Morgan fingerprint density at radius 1 is 1.37 bits per heavy atom. The second-order valence-corrected chi connectivity index (χ2v) is 3.98. The van der Waals surface area contributed by atoms with Gasteiger partial charge in [0.2, 0.25) is 0 Å². The molecule has 1 unspecified atom stereocenters. The van der Waals surface area contributed by atoms with Crippen molar-refractivity contribution in [1.82, 2.24) is 10.3 Å². The van der Waals surface area contributed by atoms with Crippen LogP contribution in [-0.2, 0) is 0 Å². The van der Waals surface area contributed by atoms with Crippen molar-refractivity contribution in [3.05, 3.63) is 53.7 Å². The van der Waals surface area contributed by atoms with Crippen molar-refractivity contribution in [2.45, 2.75) is 13.0 Å². The number of nitrogens with zero attached hydrogens (tertiary/aromatic N) is 1. The van der Waals surface area contributed by atoms with Crippen LogP contribution in [0, 0.1) is 0 Å². The van der Waals surface area contributed by atoms with Crippen LogP contribution in [0.3, 0.4) is 0 Å². The molecule has 0 aliphatic rings. The van der Waals surface area contributed by atoms with Crippen molar-refractivity contribution >= 4 is 11.9 Å². The zero-order valence-electron chi connectivity index (χ0n) is 10.2. The maximum Gasteiger partial charge on any atom is 0.338 e. The van der Waals surface area contributed by atoms with Crippen molar-refractivity contribution in [3.8, 4) is 0 Å². The van der Waals surface area contributed by atoms with E-state index in [1.165, 1.54) is 6.07 Å². The van der Waals surface area contributed by atoms with Gasteiger partial charge in [-0.15, -0.1) is 0 Å². The van der Waals surface area contributed by atoms with Crippen molar-refractivity contribution < 1.29 is 19.1 Å². The lowest BCUT2D eigenvalue weighted by molar-refractivity contribution is 0.0695. The summed E-state index contributed by atoms with van der Waals surface area (Å²) in [5.74, 6) is -1.62. The third kappa shape index (κ3) is 2.98. The van der Waals surface area contributed by atoms with Crippen LogP contribution in [0.1, 0.15) is 39.4 Å². The summed E-state index contributed by atoms with van der Waals surface area (Å²) in [7, 11) is 0. The Bertz CT molecular complexity index is 592. The first kappa shape index (κ1) is 12.8. The normalized spacial score (nSPS) is 11.8. The minimum Gasteiger partial charge on any atom is -0.478 e. The summed E-state index contributed by atoms with van der Waals surface area (Å²) < 4.78 is 4.92. The molecule has 2 N–H and O–H groups in total. The molecule has 2 aromatic heterocycles. The van der Waals surface area contributed by atoms with Gasteiger partial charge in [-0.1, -0.05) is 0 Å². The first-order chi connectivity index (χ1) is 9.08. The number of nitrogens with one attached hydrogen (secondary N) is 1. The summed E-state index contributed by atoms with van der Waals surface area (Å²) in [5.41, 5.74) is 0.843. The molecule has 19 heavy (non-hydrogen) atoms. The van der Waals surface area contributed by atoms with Gasteiger partial charge >= 0.3 is 5.97 Å². The Kier molecular flexibility index (Phi) is 3.61. The van der Waals surface area contributed by atoms with E-state index in [4.69, 9.17) is 9.52 Å². The molecule has 98 valence electrons. The molecular formula is C13H12N2O4. The highest BCUT2D eigenvalue weighted by molar-refractivity contribution is 5.95. The lowest BCUT2D eigenvalue weighted by Gasteiger charge is -2.12. The maximum absolute atomic E-state index is 11.9. The molecule has 0 saturated heterocycles. The molecule has 0 saturated carbocycles. The van der Waals surface area contributed by atoms with E-state index in [0.717, 1.165) is 11.8 Å². The van der Waals surface area contributed by atoms with E-state index >= 15 is 0 Å². The smallest absolute Gasteiger partial charge is 0.338 e. The van der Waals surface area contributed by atoms with Gasteiger partial charge in [0, 0.05) is 18.5 Å². The lowest BCUT2D eigenvalue weighted by atomic mass is 10.1. The van der Waals surface area contributed by atoms with E-state index < -0.39 is 11.9 Å². The quantitative estimate of drug-likeness (QED) is 0.875. The number of aromatic carboxylic acids is 1. The summed E-state index contributed by atoms with van der Waals surface area (Å²) in [6, 6.07) is 4.54. The second kappa shape index (κ2) is 5.34. The van der Waals surface area contributed by atoms with Gasteiger partial charge in [-0.05, 0) is 24.6 Å². The van der Waals surface area contributed by atoms with Crippen LogP contribution in [0.2, 0.25) is 0 Å². The molecule has 0 aromatic carbocycles. The van der Waals surface area contributed by atoms with Crippen LogP contribution < -0.4 is 5.32 Å². The Morgan fingerprint density at radius 3 is 2.63 bits per heavy atom. The first-order valence-corrected chi connectivity index (χ1v) is 5.60. The molecule has 2 rings (SSSR count). The van der Waals surface area contributed by atoms with Gasteiger partial charge in [-0.25, -0.2) is 4.79 Å². The number of carbonyl (C=O) groups excluding carboxylic acids is 1. The van der Waals surface area contributed by atoms with Gasteiger partial charge in [0.05, 0.1) is 11.6 Å². The summed E-state index contributed by atoms with van der Waals surface area (Å²) in [5, 5.41) is 11.5. The molecule has 0 radical (unpaired) electrons. The molecular weight excluding hydrogens is 248 g/mol. The molecule has 0 bridgehead atoms. The van der Waals surface area contributed by atoms with Gasteiger partial charge in [0.15, 0.2) is 5.76 Å². The fourth-order valence-corrected chi connectivity index (χ4v) is 1.57. The van der Waals surface area contributed by atoms with E-state index in [0.29, 0.717) is 0 Å². The molecule has 1 amide bonds. The monoisotopic (exact) mass is 260 g/mol. The van der Waals surface area contributed by atoms with E-state index in [1.54, 1.807) is 24.5 Å². The maximum atomic E-state index is 11.9. The van der Waals surface area contributed by atoms with Crippen LogP contribution in [-0.4, -0.2) is 22.0 Å². The number of carboxylic acids is 1. The summed E-state index contributed by atoms with van der Waals surface area (Å²) in [6.45, 7) is 1.81. The highest BCUT2D eigenvalue weighted by Gasteiger charge is 2.16. The molecule has 6 heteroatoms. The SMILES string of the molecule is CC(NC(=O)c1cc(C(=O)O)co1)c1ccncc1. The number of furan rings is 1. The molecule has 0 aliphatic heterocycles. The van der Waals surface area contributed by atoms with Crippen LogP contribution in [0.25, 0.3) is 0 Å². The average Bonchev–Trinajstić information content (AvgIpc) is 2.89. The predicted molar refractivity (Wildman–Crippen MR) is 65.8 cm³/mol. The largest absolute Gasteiger partial charge is 0.478 e. The Labute approximate surface area is 109 Å². The number of hydrogen-bond acceptors (Lipinski definition) is 4. The zero-order chi connectivity index (χ0) is 13.8. The van der Waals surface area contributed by atoms with E-state index in [2.05, 4.69) is 10.3 Å². The Morgan fingerprint density at radius 2 is 2.05 bits per heavy atom. The molecule has 0 aliphatic carbocycles. The van der Waals surface area contributed by atoms with Gasteiger partial charge in [0.1, 0.15) is 6.26 Å². The predicted octanol–water partition coefficient (Wildman–Crippen LogP) is 1.86. The van der Waals surface area contributed by atoms with Crippen LogP contribution in [0.5, 0.6) is 0 Å². The van der Waals surface area contributed by atoms with Gasteiger partial charge in [-0.3, -0.25) is 9.78 Å².